The van der Waals surface area contributed by atoms with Crippen molar-refractivity contribution in [2.75, 3.05) is 31.1 Å². The number of hydrogen-bond acceptors (Lipinski definition) is 3. The molecule has 3 nitrogen and oxygen atoms in total. The quantitative estimate of drug-likeness (QED) is 0.829. The van der Waals surface area contributed by atoms with Gasteiger partial charge in [0.15, 0.2) is 0 Å². The topological polar surface area (TPSA) is 32.3 Å². The van der Waals surface area contributed by atoms with Gasteiger partial charge in [-0.25, -0.2) is 0 Å². The molecule has 1 atom stereocenters. The summed E-state index contributed by atoms with van der Waals surface area (Å²) in [7, 11) is -0.585. The van der Waals surface area contributed by atoms with Gasteiger partial charge in [0.2, 0.25) is 0 Å². The largest absolute Gasteiger partial charge is 0.313 e. The van der Waals surface area contributed by atoms with Gasteiger partial charge in [-0.15, -0.1) is 0 Å². The van der Waals surface area contributed by atoms with Crippen LogP contribution in [0.5, 0.6) is 0 Å². The van der Waals surface area contributed by atoms with Crippen LogP contribution < -0.4 is 5.32 Å². The Morgan fingerprint density at radius 1 is 1.22 bits per heavy atom. The Morgan fingerprint density at radius 2 is 2.00 bits per heavy atom. The molecule has 2 aliphatic rings. The Hall–Kier alpha value is -0.710. The molecule has 0 saturated carbocycles. The second-order valence-corrected chi connectivity index (χ2v) is 6.76. The molecule has 0 radical (unpaired) electrons. The van der Waals surface area contributed by atoms with Crippen molar-refractivity contribution in [2.24, 2.45) is 0 Å². The van der Waals surface area contributed by atoms with Crippen LogP contribution in [-0.4, -0.2) is 40.2 Å². The molecule has 1 aromatic rings. The van der Waals surface area contributed by atoms with Gasteiger partial charge >= 0.3 is 0 Å². The first-order chi connectivity index (χ1) is 8.84. The van der Waals surface area contributed by atoms with Crippen LogP contribution in [0.3, 0.4) is 0 Å². The van der Waals surface area contributed by atoms with E-state index < -0.39 is 10.8 Å². The Balaban J connectivity index is 1.85. The standard InChI is InChI=1S/C14H20N2OS/c17-18-9-7-16(8-10-18)14-5-6-15-11-12-3-1-2-4-13(12)14/h1-4,14-15H,5-11H2. The van der Waals surface area contributed by atoms with E-state index >= 15 is 0 Å². The Kier molecular flexibility index (Phi) is 3.77. The predicted molar refractivity (Wildman–Crippen MR) is 75.0 cm³/mol. The number of hydrogen-bond donors (Lipinski definition) is 1. The molecule has 0 amide bonds. The van der Waals surface area contributed by atoms with Gasteiger partial charge in [-0.3, -0.25) is 9.11 Å². The van der Waals surface area contributed by atoms with Crippen LogP contribution in [0.2, 0.25) is 0 Å². The fourth-order valence-electron chi connectivity index (χ4n) is 2.98. The summed E-state index contributed by atoms with van der Waals surface area (Å²) in [6, 6.07) is 9.25. The molecule has 1 saturated heterocycles. The van der Waals surface area contributed by atoms with E-state index in [-0.39, 0.29) is 0 Å². The second kappa shape index (κ2) is 5.51. The van der Waals surface area contributed by atoms with Crippen molar-refractivity contribution in [3.05, 3.63) is 35.4 Å². The van der Waals surface area contributed by atoms with E-state index in [0.717, 1.165) is 44.1 Å². The van der Waals surface area contributed by atoms with Crippen LogP contribution in [0.1, 0.15) is 23.6 Å². The molecule has 1 fully saturated rings. The van der Waals surface area contributed by atoms with Crippen molar-refractivity contribution in [3.8, 4) is 0 Å². The highest BCUT2D eigenvalue weighted by Gasteiger charge is 2.26. The zero-order valence-electron chi connectivity index (χ0n) is 10.6. The molecular formula is C14H20N2OS. The zero-order chi connectivity index (χ0) is 12.4. The molecule has 1 unspecified atom stereocenters. The summed E-state index contributed by atoms with van der Waals surface area (Å²) in [5.41, 5.74) is 2.89. The predicted octanol–water partition coefficient (Wildman–Crippen LogP) is 1.29. The number of rotatable bonds is 1. The SMILES string of the molecule is O=S1CCN(C2CCNCc3ccccc32)CC1. The number of benzene rings is 1. The lowest BCUT2D eigenvalue weighted by Gasteiger charge is -2.34. The van der Waals surface area contributed by atoms with Gasteiger partial charge in [0.1, 0.15) is 0 Å². The molecule has 1 aromatic carbocycles. The van der Waals surface area contributed by atoms with E-state index in [4.69, 9.17) is 0 Å². The molecule has 2 heterocycles. The average Bonchev–Trinajstić information content (AvgIpc) is 2.62. The van der Waals surface area contributed by atoms with Crippen LogP contribution in [0.4, 0.5) is 0 Å². The highest BCUT2D eigenvalue weighted by Crippen LogP contribution is 2.29. The lowest BCUT2D eigenvalue weighted by atomic mass is 9.98. The first-order valence-corrected chi connectivity index (χ1v) is 8.21. The van der Waals surface area contributed by atoms with Crippen LogP contribution >= 0.6 is 0 Å². The molecule has 3 rings (SSSR count). The first-order valence-electron chi connectivity index (χ1n) is 6.72. The molecule has 0 aromatic heterocycles. The highest BCUT2D eigenvalue weighted by molar-refractivity contribution is 7.85. The van der Waals surface area contributed by atoms with Gasteiger partial charge in [-0.05, 0) is 24.1 Å². The minimum absolute atomic E-state index is 0.508. The second-order valence-electron chi connectivity index (χ2n) is 5.06. The number of fused-ring (bicyclic) bond motifs is 1. The minimum atomic E-state index is -0.585. The van der Waals surface area contributed by atoms with Crippen LogP contribution in [0.15, 0.2) is 24.3 Å². The summed E-state index contributed by atoms with van der Waals surface area (Å²) >= 11 is 0. The maximum Gasteiger partial charge on any atom is 0.0364 e. The van der Waals surface area contributed by atoms with Gasteiger partial charge in [-0.2, -0.15) is 0 Å². The van der Waals surface area contributed by atoms with Crippen molar-refractivity contribution in [1.29, 1.82) is 0 Å². The lowest BCUT2D eigenvalue weighted by Crippen LogP contribution is -2.40. The molecule has 2 aliphatic heterocycles. The summed E-state index contributed by atoms with van der Waals surface area (Å²) in [5, 5.41) is 3.49. The molecule has 4 heteroatoms. The van der Waals surface area contributed by atoms with Gasteiger partial charge in [0.05, 0.1) is 0 Å². The van der Waals surface area contributed by atoms with Crippen molar-refractivity contribution < 1.29 is 4.21 Å². The monoisotopic (exact) mass is 264 g/mol. The molecule has 18 heavy (non-hydrogen) atoms. The van der Waals surface area contributed by atoms with Gasteiger partial charge in [0, 0.05) is 48.0 Å². The lowest BCUT2D eigenvalue weighted by molar-refractivity contribution is 0.207. The van der Waals surface area contributed by atoms with Crippen molar-refractivity contribution in [3.63, 3.8) is 0 Å². The maximum atomic E-state index is 11.5. The molecule has 0 aliphatic carbocycles. The summed E-state index contributed by atoms with van der Waals surface area (Å²) in [4.78, 5) is 2.52. The molecule has 0 bridgehead atoms. The van der Waals surface area contributed by atoms with Gasteiger partial charge in [-0.1, -0.05) is 24.3 Å². The fraction of sp³-hybridized carbons (Fsp3) is 0.571. The molecule has 98 valence electrons. The van der Waals surface area contributed by atoms with Crippen LogP contribution in [0.25, 0.3) is 0 Å². The molecule has 0 spiro atoms. The average molecular weight is 264 g/mol. The normalized spacial score (nSPS) is 26.6. The van der Waals surface area contributed by atoms with E-state index in [1.807, 2.05) is 0 Å². The zero-order valence-corrected chi connectivity index (χ0v) is 11.4. The van der Waals surface area contributed by atoms with E-state index in [1.165, 1.54) is 11.1 Å². The van der Waals surface area contributed by atoms with Crippen LogP contribution in [0, 0.1) is 0 Å². The molecular weight excluding hydrogens is 244 g/mol. The smallest absolute Gasteiger partial charge is 0.0364 e. The van der Waals surface area contributed by atoms with E-state index in [1.54, 1.807) is 0 Å². The third-order valence-corrected chi connectivity index (χ3v) is 5.25. The Labute approximate surface area is 111 Å². The van der Waals surface area contributed by atoms with Gasteiger partial charge in [0.25, 0.3) is 0 Å². The van der Waals surface area contributed by atoms with Crippen LogP contribution in [-0.2, 0) is 17.3 Å². The summed E-state index contributed by atoms with van der Waals surface area (Å²) in [5.74, 6) is 1.68. The van der Waals surface area contributed by atoms with Crippen molar-refractivity contribution in [2.45, 2.75) is 19.0 Å². The van der Waals surface area contributed by atoms with E-state index in [2.05, 4.69) is 34.5 Å². The van der Waals surface area contributed by atoms with Crippen molar-refractivity contribution >= 4 is 10.8 Å². The third-order valence-electron chi connectivity index (χ3n) is 3.98. The summed E-state index contributed by atoms with van der Waals surface area (Å²) in [6.45, 7) is 4.00. The minimum Gasteiger partial charge on any atom is -0.313 e. The Bertz CT molecular complexity index is 439. The summed E-state index contributed by atoms with van der Waals surface area (Å²) < 4.78 is 11.5. The van der Waals surface area contributed by atoms with E-state index in [9.17, 15) is 4.21 Å². The summed E-state index contributed by atoms with van der Waals surface area (Å²) in [6.07, 6.45) is 1.16. The van der Waals surface area contributed by atoms with Gasteiger partial charge < -0.3 is 5.32 Å². The fourth-order valence-corrected chi connectivity index (χ4v) is 4.06. The van der Waals surface area contributed by atoms with Crippen molar-refractivity contribution in [1.82, 2.24) is 10.2 Å². The number of nitrogens with one attached hydrogen (secondary N) is 1. The third kappa shape index (κ3) is 2.51. The number of nitrogens with zero attached hydrogens (tertiary/aromatic N) is 1. The first kappa shape index (κ1) is 12.3. The molecule has 1 N–H and O–H groups in total. The van der Waals surface area contributed by atoms with E-state index in [0.29, 0.717) is 6.04 Å². The highest BCUT2D eigenvalue weighted by atomic mass is 32.2. The Morgan fingerprint density at radius 3 is 2.83 bits per heavy atom. The maximum absolute atomic E-state index is 11.5.